The van der Waals surface area contributed by atoms with Crippen LogP contribution in [0.1, 0.15) is 23.9 Å². The molecule has 134 valence electrons. The monoisotopic (exact) mass is 345 g/mol. The Morgan fingerprint density at radius 1 is 1.12 bits per heavy atom. The minimum atomic E-state index is -0.569. The number of anilines is 1. The van der Waals surface area contributed by atoms with Crippen molar-refractivity contribution in [1.82, 2.24) is 9.78 Å². The lowest BCUT2D eigenvalue weighted by molar-refractivity contribution is -0.151. The molecule has 2 aromatic rings. The zero-order valence-electron chi connectivity index (χ0n) is 15.0. The molecule has 0 saturated carbocycles. The molecule has 0 aliphatic carbocycles. The van der Waals surface area contributed by atoms with E-state index in [1.54, 1.807) is 11.6 Å². The molecule has 0 fully saturated rings. The first-order valence-electron chi connectivity index (χ1n) is 8.08. The third-order valence-corrected chi connectivity index (χ3v) is 3.62. The maximum absolute atomic E-state index is 12.0. The molecule has 0 spiro atoms. The van der Waals surface area contributed by atoms with Gasteiger partial charge < -0.3 is 14.8 Å². The molecule has 0 saturated heterocycles. The molecule has 0 radical (unpaired) electrons. The lowest BCUT2D eigenvalue weighted by Crippen LogP contribution is -2.23. The Kier molecular flexibility index (Phi) is 6.30. The Morgan fingerprint density at radius 2 is 1.80 bits per heavy atom. The number of benzene rings is 1. The second kappa shape index (κ2) is 8.43. The second-order valence-corrected chi connectivity index (χ2v) is 5.64. The van der Waals surface area contributed by atoms with Crippen LogP contribution in [0.15, 0.2) is 24.3 Å². The number of amides is 1. The van der Waals surface area contributed by atoms with Gasteiger partial charge >= 0.3 is 5.97 Å². The Bertz CT molecular complexity index is 750. The van der Waals surface area contributed by atoms with Crippen LogP contribution >= 0.6 is 0 Å². The molecule has 7 heteroatoms. The Balaban J connectivity index is 2.04. The van der Waals surface area contributed by atoms with Gasteiger partial charge in [0, 0.05) is 6.61 Å². The fraction of sp³-hybridized carbons (Fsp3) is 0.389. The normalized spacial score (nSPS) is 10.6. The number of aromatic nitrogens is 2. The summed E-state index contributed by atoms with van der Waals surface area (Å²) in [6, 6.07) is 7.94. The van der Waals surface area contributed by atoms with Gasteiger partial charge in [-0.1, -0.05) is 17.7 Å². The molecule has 0 unspecified atom stereocenters. The van der Waals surface area contributed by atoms with Crippen molar-refractivity contribution in [3.8, 4) is 5.69 Å². The van der Waals surface area contributed by atoms with Gasteiger partial charge in [-0.05, 0) is 39.8 Å². The molecule has 1 amide bonds. The van der Waals surface area contributed by atoms with E-state index in [1.807, 2.05) is 45.0 Å². The number of nitrogens with zero attached hydrogens (tertiary/aromatic N) is 2. The summed E-state index contributed by atoms with van der Waals surface area (Å²) < 4.78 is 11.6. The van der Waals surface area contributed by atoms with Gasteiger partial charge in [-0.2, -0.15) is 5.10 Å². The maximum atomic E-state index is 12.0. The topological polar surface area (TPSA) is 82.4 Å². The molecule has 7 nitrogen and oxygen atoms in total. The average molecular weight is 345 g/mol. The quantitative estimate of drug-likeness (QED) is 0.779. The van der Waals surface area contributed by atoms with Crippen molar-refractivity contribution in [1.29, 1.82) is 0 Å². The summed E-state index contributed by atoms with van der Waals surface area (Å²) in [5, 5.41) is 7.22. The van der Waals surface area contributed by atoms with E-state index in [0.29, 0.717) is 18.0 Å². The molecule has 0 atom stereocenters. The van der Waals surface area contributed by atoms with E-state index >= 15 is 0 Å². The maximum Gasteiger partial charge on any atom is 0.332 e. The summed E-state index contributed by atoms with van der Waals surface area (Å²) in [6.45, 7) is 7.37. The summed E-state index contributed by atoms with van der Waals surface area (Å²) in [4.78, 5) is 23.4. The number of ether oxygens (including phenoxy) is 2. The van der Waals surface area contributed by atoms with Gasteiger partial charge in [-0.3, -0.25) is 4.79 Å². The van der Waals surface area contributed by atoms with Crippen LogP contribution in [0.5, 0.6) is 0 Å². The summed E-state index contributed by atoms with van der Waals surface area (Å²) >= 11 is 0. The van der Waals surface area contributed by atoms with E-state index in [-0.39, 0.29) is 13.2 Å². The van der Waals surface area contributed by atoms with Crippen LogP contribution in [0.3, 0.4) is 0 Å². The van der Waals surface area contributed by atoms with Crippen LogP contribution in [0, 0.1) is 20.8 Å². The van der Waals surface area contributed by atoms with Gasteiger partial charge in [0.05, 0.1) is 22.8 Å². The zero-order chi connectivity index (χ0) is 18.4. The van der Waals surface area contributed by atoms with Gasteiger partial charge in [-0.15, -0.1) is 0 Å². The molecule has 1 aromatic heterocycles. The van der Waals surface area contributed by atoms with E-state index in [0.717, 1.165) is 16.9 Å². The van der Waals surface area contributed by atoms with E-state index in [1.165, 1.54) is 0 Å². The van der Waals surface area contributed by atoms with Crippen LogP contribution in [0.25, 0.3) is 5.69 Å². The average Bonchev–Trinajstić information content (AvgIpc) is 2.87. The number of nitrogens with one attached hydrogen (secondary N) is 1. The predicted molar refractivity (Wildman–Crippen MR) is 93.9 cm³/mol. The third-order valence-electron chi connectivity index (χ3n) is 3.62. The van der Waals surface area contributed by atoms with E-state index in [2.05, 4.69) is 10.4 Å². The van der Waals surface area contributed by atoms with Gasteiger partial charge in [0.25, 0.3) is 5.91 Å². The molecular weight excluding hydrogens is 322 g/mol. The third kappa shape index (κ3) is 4.90. The van der Waals surface area contributed by atoms with Gasteiger partial charge in [0.1, 0.15) is 6.61 Å². The van der Waals surface area contributed by atoms with Crippen molar-refractivity contribution in [3.63, 3.8) is 0 Å². The SMILES string of the molecule is CCOCC(=O)OCC(=O)Nc1c(C)nn(-c2ccc(C)cc2)c1C. The summed E-state index contributed by atoms with van der Waals surface area (Å²) in [5.74, 6) is -0.986. The van der Waals surface area contributed by atoms with Crippen molar-refractivity contribution < 1.29 is 19.1 Å². The van der Waals surface area contributed by atoms with Crippen LogP contribution in [0.4, 0.5) is 5.69 Å². The fourth-order valence-electron chi connectivity index (χ4n) is 2.31. The number of hydrogen-bond acceptors (Lipinski definition) is 5. The number of rotatable bonds is 7. The fourth-order valence-corrected chi connectivity index (χ4v) is 2.31. The molecule has 25 heavy (non-hydrogen) atoms. The molecule has 0 aliphatic rings. The van der Waals surface area contributed by atoms with Crippen LogP contribution in [0.2, 0.25) is 0 Å². The first kappa shape index (κ1) is 18.7. The molecule has 2 rings (SSSR count). The van der Waals surface area contributed by atoms with E-state index in [4.69, 9.17) is 9.47 Å². The van der Waals surface area contributed by atoms with Gasteiger partial charge in [0.15, 0.2) is 6.61 Å². The number of esters is 1. The Hall–Kier alpha value is -2.67. The van der Waals surface area contributed by atoms with E-state index < -0.39 is 11.9 Å². The molecular formula is C18H23N3O4. The van der Waals surface area contributed by atoms with Crippen molar-refractivity contribution in [3.05, 3.63) is 41.2 Å². The number of carbonyl (C=O) groups is 2. The molecule has 1 aromatic carbocycles. The lowest BCUT2D eigenvalue weighted by Gasteiger charge is -2.08. The second-order valence-electron chi connectivity index (χ2n) is 5.64. The molecule has 1 N–H and O–H groups in total. The highest BCUT2D eigenvalue weighted by Crippen LogP contribution is 2.22. The molecule has 0 bridgehead atoms. The largest absolute Gasteiger partial charge is 0.454 e. The van der Waals surface area contributed by atoms with Crippen LogP contribution in [-0.4, -0.2) is 41.5 Å². The predicted octanol–water partition coefficient (Wildman–Crippen LogP) is 2.32. The highest BCUT2D eigenvalue weighted by Gasteiger charge is 2.16. The van der Waals surface area contributed by atoms with Crippen molar-refractivity contribution in [2.24, 2.45) is 0 Å². The first-order chi connectivity index (χ1) is 11.9. The first-order valence-corrected chi connectivity index (χ1v) is 8.08. The van der Waals surface area contributed by atoms with E-state index in [9.17, 15) is 9.59 Å². The van der Waals surface area contributed by atoms with Crippen LogP contribution in [-0.2, 0) is 19.1 Å². The summed E-state index contributed by atoms with van der Waals surface area (Å²) in [7, 11) is 0. The highest BCUT2D eigenvalue weighted by molar-refractivity contribution is 5.94. The van der Waals surface area contributed by atoms with Crippen molar-refractivity contribution >= 4 is 17.6 Å². The molecule has 1 heterocycles. The number of carbonyl (C=O) groups excluding carboxylic acids is 2. The summed E-state index contributed by atoms with van der Waals surface area (Å²) in [5.41, 5.74) is 4.18. The molecule has 0 aliphatic heterocycles. The minimum absolute atomic E-state index is 0.160. The van der Waals surface area contributed by atoms with Crippen molar-refractivity contribution in [2.45, 2.75) is 27.7 Å². The Morgan fingerprint density at radius 3 is 2.44 bits per heavy atom. The number of aryl methyl sites for hydroxylation is 2. The van der Waals surface area contributed by atoms with Crippen LogP contribution < -0.4 is 5.32 Å². The Labute approximate surface area is 146 Å². The highest BCUT2D eigenvalue weighted by atomic mass is 16.6. The number of hydrogen-bond donors (Lipinski definition) is 1. The lowest BCUT2D eigenvalue weighted by atomic mass is 10.2. The smallest absolute Gasteiger partial charge is 0.332 e. The van der Waals surface area contributed by atoms with Crippen molar-refractivity contribution in [2.75, 3.05) is 25.1 Å². The van der Waals surface area contributed by atoms with Gasteiger partial charge in [0.2, 0.25) is 0 Å². The standard InChI is InChI=1S/C18H23N3O4/c1-5-24-11-17(23)25-10-16(22)19-18-13(3)20-21(14(18)4)15-8-6-12(2)7-9-15/h6-9H,5,10-11H2,1-4H3,(H,19,22). The zero-order valence-corrected chi connectivity index (χ0v) is 15.0. The van der Waals surface area contributed by atoms with Gasteiger partial charge in [-0.25, -0.2) is 9.48 Å². The summed E-state index contributed by atoms with van der Waals surface area (Å²) in [6.07, 6.45) is 0. The minimum Gasteiger partial charge on any atom is -0.454 e.